The van der Waals surface area contributed by atoms with Crippen LogP contribution in [0, 0.1) is 17.0 Å². The van der Waals surface area contributed by atoms with E-state index >= 15 is 0 Å². The van der Waals surface area contributed by atoms with Crippen molar-refractivity contribution in [2.75, 3.05) is 18.4 Å². The van der Waals surface area contributed by atoms with E-state index in [9.17, 15) is 14.9 Å². The number of carbonyl (C=O) groups is 1. The van der Waals surface area contributed by atoms with E-state index in [0.29, 0.717) is 24.3 Å². The van der Waals surface area contributed by atoms with Gasteiger partial charge in [0.25, 0.3) is 5.69 Å². The Morgan fingerprint density at radius 3 is 2.55 bits per heavy atom. The minimum absolute atomic E-state index is 0.0678. The highest BCUT2D eigenvalue weighted by molar-refractivity contribution is 6.33. The number of nitrogens with one attached hydrogen (secondary N) is 2. The molecule has 0 fully saturated rings. The molecule has 22 heavy (non-hydrogen) atoms. The Labute approximate surface area is 134 Å². The predicted octanol–water partition coefficient (Wildman–Crippen LogP) is 3.49. The predicted molar refractivity (Wildman–Crippen MR) is 85.6 cm³/mol. The summed E-state index contributed by atoms with van der Waals surface area (Å²) in [5.74, 6) is 0. The van der Waals surface area contributed by atoms with Gasteiger partial charge in [-0.3, -0.25) is 10.1 Å². The topological polar surface area (TPSA) is 93.5 Å². The lowest BCUT2D eigenvalue weighted by molar-refractivity contribution is -0.384. The molecule has 0 aromatic heterocycles. The fourth-order valence-electron chi connectivity index (χ4n) is 1.67. The van der Waals surface area contributed by atoms with Crippen LogP contribution in [-0.4, -0.2) is 29.7 Å². The highest BCUT2D eigenvalue weighted by atomic mass is 35.5. The average Bonchev–Trinajstić information content (AvgIpc) is 2.35. The van der Waals surface area contributed by atoms with E-state index in [-0.39, 0.29) is 10.7 Å². The van der Waals surface area contributed by atoms with Crippen molar-refractivity contribution in [3.63, 3.8) is 0 Å². The molecule has 0 aliphatic rings. The minimum atomic E-state index is -0.542. The summed E-state index contributed by atoms with van der Waals surface area (Å²) in [6.45, 7) is 7.89. The average molecular weight is 330 g/mol. The molecule has 0 heterocycles. The Bertz CT molecular complexity index is 570. The first-order valence-corrected chi connectivity index (χ1v) is 7.13. The van der Waals surface area contributed by atoms with Crippen molar-refractivity contribution in [2.45, 2.75) is 33.3 Å². The standard InChI is InChI=1S/C14H20ClN3O4/c1-9-7-12(18(20)21)10(15)8-11(9)16-5-6-17-13(19)22-14(2,3)4/h7-8,16H,5-6H2,1-4H3,(H,17,19). The maximum Gasteiger partial charge on any atom is 0.407 e. The molecule has 7 nitrogen and oxygen atoms in total. The largest absolute Gasteiger partial charge is 0.444 e. The van der Waals surface area contributed by atoms with Crippen LogP contribution in [0.15, 0.2) is 12.1 Å². The summed E-state index contributed by atoms with van der Waals surface area (Å²) in [6.07, 6.45) is -0.493. The summed E-state index contributed by atoms with van der Waals surface area (Å²) in [6, 6.07) is 2.91. The van der Waals surface area contributed by atoms with Crippen LogP contribution < -0.4 is 10.6 Å². The van der Waals surface area contributed by atoms with Crippen molar-refractivity contribution in [3.8, 4) is 0 Å². The maximum absolute atomic E-state index is 11.5. The van der Waals surface area contributed by atoms with E-state index in [1.54, 1.807) is 27.7 Å². The zero-order chi connectivity index (χ0) is 16.9. The van der Waals surface area contributed by atoms with Gasteiger partial charge in [-0.2, -0.15) is 0 Å². The number of hydrogen-bond donors (Lipinski definition) is 2. The van der Waals surface area contributed by atoms with Gasteiger partial charge in [-0.15, -0.1) is 0 Å². The van der Waals surface area contributed by atoms with E-state index in [0.717, 1.165) is 0 Å². The zero-order valence-electron chi connectivity index (χ0n) is 13.0. The van der Waals surface area contributed by atoms with Crippen LogP contribution >= 0.6 is 11.6 Å². The summed E-state index contributed by atoms with van der Waals surface area (Å²) in [5, 5.41) is 16.5. The lowest BCUT2D eigenvalue weighted by Crippen LogP contribution is -2.35. The molecular weight excluding hydrogens is 310 g/mol. The van der Waals surface area contributed by atoms with Crippen molar-refractivity contribution in [3.05, 3.63) is 32.8 Å². The summed E-state index contributed by atoms with van der Waals surface area (Å²) < 4.78 is 5.10. The molecule has 1 aromatic carbocycles. The van der Waals surface area contributed by atoms with Gasteiger partial charge in [-0.1, -0.05) is 11.6 Å². The van der Waals surface area contributed by atoms with Gasteiger partial charge in [0.15, 0.2) is 0 Å². The molecule has 0 spiro atoms. The SMILES string of the molecule is Cc1cc([N+](=O)[O-])c(Cl)cc1NCCNC(=O)OC(C)(C)C. The highest BCUT2D eigenvalue weighted by Crippen LogP contribution is 2.30. The molecule has 1 rings (SSSR count). The molecule has 1 amide bonds. The molecule has 0 aliphatic carbocycles. The summed E-state index contributed by atoms with van der Waals surface area (Å²) >= 11 is 5.86. The number of aryl methyl sites for hydroxylation is 1. The normalized spacial score (nSPS) is 11.0. The number of nitrogens with zero attached hydrogens (tertiary/aromatic N) is 1. The van der Waals surface area contributed by atoms with Gasteiger partial charge in [0.05, 0.1) is 4.92 Å². The zero-order valence-corrected chi connectivity index (χ0v) is 13.8. The van der Waals surface area contributed by atoms with Crippen LogP contribution in [0.3, 0.4) is 0 Å². The summed E-state index contributed by atoms with van der Waals surface area (Å²) in [5.41, 5.74) is 0.714. The van der Waals surface area contributed by atoms with E-state index < -0.39 is 16.6 Å². The van der Waals surface area contributed by atoms with E-state index in [2.05, 4.69) is 10.6 Å². The van der Waals surface area contributed by atoms with Gasteiger partial charge in [0.2, 0.25) is 0 Å². The lowest BCUT2D eigenvalue weighted by Gasteiger charge is -2.19. The number of nitro groups is 1. The van der Waals surface area contributed by atoms with Crippen LogP contribution in [0.2, 0.25) is 5.02 Å². The van der Waals surface area contributed by atoms with Crippen molar-refractivity contribution in [1.29, 1.82) is 0 Å². The smallest absolute Gasteiger partial charge is 0.407 e. The third kappa shape index (κ3) is 5.77. The van der Waals surface area contributed by atoms with Gasteiger partial charge in [-0.25, -0.2) is 4.79 Å². The summed E-state index contributed by atoms with van der Waals surface area (Å²) in [7, 11) is 0. The Morgan fingerprint density at radius 2 is 2.00 bits per heavy atom. The first kappa shape index (κ1) is 18.0. The number of carbonyl (C=O) groups excluding carboxylic acids is 1. The van der Waals surface area contributed by atoms with Gasteiger partial charge >= 0.3 is 6.09 Å². The Kier molecular flexibility index (Phi) is 5.99. The molecule has 0 saturated heterocycles. The minimum Gasteiger partial charge on any atom is -0.444 e. The van der Waals surface area contributed by atoms with E-state index in [4.69, 9.17) is 16.3 Å². The Balaban J connectivity index is 2.51. The number of halogens is 1. The fourth-order valence-corrected chi connectivity index (χ4v) is 1.91. The molecule has 0 bridgehead atoms. The second-order valence-electron chi connectivity index (χ2n) is 5.73. The second-order valence-corrected chi connectivity index (χ2v) is 6.14. The molecule has 0 atom stereocenters. The van der Waals surface area contributed by atoms with Crippen molar-refractivity contribution < 1.29 is 14.5 Å². The number of ether oxygens (including phenoxy) is 1. The fraction of sp³-hybridized carbons (Fsp3) is 0.500. The Hall–Kier alpha value is -2.02. The third-order valence-electron chi connectivity index (χ3n) is 2.60. The number of anilines is 1. The molecule has 8 heteroatoms. The molecule has 0 unspecified atom stereocenters. The van der Waals surface area contributed by atoms with Crippen LogP contribution in [0.25, 0.3) is 0 Å². The number of hydrogen-bond acceptors (Lipinski definition) is 5. The first-order valence-electron chi connectivity index (χ1n) is 6.75. The van der Waals surface area contributed by atoms with Crippen LogP contribution in [-0.2, 0) is 4.74 Å². The number of benzene rings is 1. The molecule has 0 saturated carbocycles. The van der Waals surface area contributed by atoms with Gasteiger partial charge in [-0.05, 0) is 39.3 Å². The van der Waals surface area contributed by atoms with Crippen LogP contribution in [0.1, 0.15) is 26.3 Å². The molecule has 122 valence electrons. The summed E-state index contributed by atoms with van der Waals surface area (Å²) in [4.78, 5) is 21.7. The number of rotatable bonds is 5. The maximum atomic E-state index is 11.5. The van der Waals surface area contributed by atoms with E-state index in [1.165, 1.54) is 12.1 Å². The van der Waals surface area contributed by atoms with Crippen LogP contribution in [0.5, 0.6) is 0 Å². The van der Waals surface area contributed by atoms with E-state index in [1.807, 2.05) is 0 Å². The lowest BCUT2D eigenvalue weighted by atomic mass is 10.2. The molecule has 0 radical (unpaired) electrons. The number of amides is 1. The second kappa shape index (κ2) is 7.31. The van der Waals surface area contributed by atoms with Crippen molar-refractivity contribution >= 4 is 29.1 Å². The molecular formula is C14H20ClN3O4. The highest BCUT2D eigenvalue weighted by Gasteiger charge is 2.16. The third-order valence-corrected chi connectivity index (χ3v) is 2.90. The monoisotopic (exact) mass is 329 g/mol. The van der Waals surface area contributed by atoms with Gasteiger partial charge in [0, 0.05) is 24.8 Å². The van der Waals surface area contributed by atoms with Gasteiger partial charge < -0.3 is 15.4 Å². The van der Waals surface area contributed by atoms with Crippen LogP contribution in [0.4, 0.5) is 16.2 Å². The first-order chi connectivity index (χ1) is 10.1. The molecule has 0 aliphatic heterocycles. The van der Waals surface area contributed by atoms with Crippen molar-refractivity contribution in [2.24, 2.45) is 0 Å². The number of nitro benzene ring substituents is 1. The molecule has 2 N–H and O–H groups in total. The molecule has 1 aromatic rings. The quantitative estimate of drug-likeness (QED) is 0.490. The van der Waals surface area contributed by atoms with Gasteiger partial charge in [0.1, 0.15) is 10.6 Å². The Morgan fingerprint density at radius 1 is 1.36 bits per heavy atom. The van der Waals surface area contributed by atoms with Crippen molar-refractivity contribution in [1.82, 2.24) is 5.32 Å². The number of alkyl carbamates (subject to hydrolysis) is 1.